The van der Waals surface area contributed by atoms with Gasteiger partial charge in [-0.25, -0.2) is 4.99 Å². The minimum Gasteiger partial charge on any atom is -0.862 e. The summed E-state index contributed by atoms with van der Waals surface area (Å²) in [5.41, 5.74) is 0. The summed E-state index contributed by atoms with van der Waals surface area (Å²) in [4.78, 5) is 18.7. The molecule has 0 N–H and O–H groups in total. The molecule has 0 saturated carbocycles. The highest BCUT2D eigenvalue weighted by atomic mass is 32.2. The minimum atomic E-state index is -0.313. The van der Waals surface area contributed by atoms with Crippen LogP contribution < -0.4 is 14.9 Å². The van der Waals surface area contributed by atoms with Gasteiger partial charge in [-0.2, -0.15) is 5.01 Å². The third kappa shape index (κ3) is 5.51. The molecule has 0 aliphatic carbocycles. The number of carbonyl (C=O) groups is 1. The number of aliphatic imine (C=N–C) groups is 1. The number of rotatable bonds is 6. The highest BCUT2D eigenvalue weighted by Gasteiger charge is 2.26. The molecule has 0 amide bonds. The zero-order valence-corrected chi connectivity index (χ0v) is 14.6. The van der Waals surface area contributed by atoms with Gasteiger partial charge >= 0.3 is 5.88 Å². The van der Waals surface area contributed by atoms with Gasteiger partial charge in [0.05, 0.1) is 17.9 Å². The normalized spacial score (nSPS) is 17.0. The summed E-state index contributed by atoms with van der Waals surface area (Å²) in [7, 11) is 0. The van der Waals surface area contributed by atoms with Gasteiger partial charge in [-0.05, 0) is 26.2 Å². The molecule has 1 aromatic rings. The molecule has 1 aliphatic rings. The second-order valence-electron chi connectivity index (χ2n) is 5.64. The molecule has 23 heavy (non-hydrogen) atoms. The topological polar surface area (TPSA) is 88.9 Å². The molecule has 0 unspecified atom stereocenters. The Balaban J connectivity index is 1.87. The van der Waals surface area contributed by atoms with E-state index in [4.69, 9.17) is 4.52 Å². The number of thioether (sulfide) groups is 1. The lowest BCUT2D eigenvalue weighted by Gasteiger charge is -2.32. The highest BCUT2D eigenvalue weighted by molar-refractivity contribution is 8.13. The molecule has 2 heterocycles. The van der Waals surface area contributed by atoms with Crippen LogP contribution >= 0.6 is 11.8 Å². The van der Waals surface area contributed by atoms with Gasteiger partial charge in [0.25, 0.3) is 6.20 Å². The maximum Gasteiger partial charge on any atom is 0.324 e. The number of carbonyl (C=O) groups excluding carboxylic acids is 1. The Labute approximate surface area is 140 Å². The Bertz CT molecular complexity index is 552. The summed E-state index contributed by atoms with van der Waals surface area (Å²) in [5, 5.41) is 17.7. The molecular formula is C14H23N5O3S. The largest absolute Gasteiger partial charge is 0.862 e. The fourth-order valence-corrected chi connectivity index (χ4v) is 2.87. The quantitative estimate of drug-likeness (QED) is 0.398. The van der Waals surface area contributed by atoms with Crippen LogP contribution in [0.3, 0.4) is 0 Å². The Kier molecular flexibility index (Phi) is 6.40. The van der Waals surface area contributed by atoms with E-state index in [0.29, 0.717) is 11.8 Å². The second kappa shape index (κ2) is 8.30. The molecule has 9 heteroatoms. The highest BCUT2D eigenvalue weighted by Crippen LogP contribution is 2.09. The first kappa shape index (κ1) is 17.7. The molecule has 0 aromatic carbocycles. The van der Waals surface area contributed by atoms with Gasteiger partial charge in [-0.3, -0.25) is 14.2 Å². The maximum atomic E-state index is 11.7. The van der Waals surface area contributed by atoms with E-state index < -0.39 is 0 Å². The molecule has 1 aromatic heterocycles. The fourth-order valence-electron chi connectivity index (χ4n) is 2.31. The smallest absolute Gasteiger partial charge is 0.324 e. The van der Waals surface area contributed by atoms with Crippen LogP contribution in [-0.2, 0) is 4.79 Å². The third-order valence-electron chi connectivity index (χ3n) is 3.61. The molecule has 8 nitrogen and oxygen atoms in total. The Hall–Kier alpha value is -1.61. The Morgan fingerprint density at radius 2 is 2.17 bits per heavy atom. The summed E-state index contributed by atoms with van der Waals surface area (Å²) in [6, 6.07) is 0.538. The Morgan fingerprint density at radius 1 is 1.48 bits per heavy atom. The molecular weight excluding hydrogens is 318 g/mol. The van der Waals surface area contributed by atoms with Crippen molar-refractivity contribution in [2.75, 3.05) is 36.9 Å². The van der Waals surface area contributed by atoms with E-state index in [-0.39, 0.29) is 23.3 Å². The number of piperazine rings is 1. The lowest BCUT2D eigenvalue weighted by Crippen LogP contribution is -2.65. The zero-order valence-electron chi connectivity index (χ0n) is 13.8. The monoisotopic (exact) mass is 341 g/mol. The summed E-state index contributed by atoms with van der Waals surface area (Å²) in [6.45, 7) is 9.47. The predicted molar refractivity (Wildman–Crippen MR) is 86.2 cm³/mol. The lowest BCUT2D eigenvalue weighted by molar-refractivity contribution is -0.759. The summed E-state index contributed by atoms with van der Waals surface area (Å²) >= 11 is 1.12. The first-order valence-electron chi connectivity index (χ1n) is 7.71. The number of aromatic nitrogens is 2. The Morgan fingerprint density at radius 3 is 2.78 bits per heavy atom. The van der Waals surface area contributed by atoms with Crippen molar-refractivity contribution >= 4 is 28.7 Å². The van der Waals surface area contributed by atoms with Crippen LogP contribution in [0.15, 0.2) is 15.7 Å². The SMILES string of the molecule is CC(=O)SCCC([O-])=Nc1c[n+](N2CCN(C(C)C)CC2)no1. The van der Waals surface area contributed by atoms with Crippen molar-refractivity contribution in [2.24, 2.45) is 4.99 Å². The first-order valence-corrected chi connectivity index (χ1v) is 8.70. The molecule has 1 fully saturated rings. The van der Waals surface area contributed by atoms with Crippen LogP contribution in [0.2, 0.25) is 0 Å². The van der Waals surface area contributed by atoms with Crippen LogP contribution in [0, 0.1) is 0 Å². The van der Waals surface area contributed by atoms with Crippen LogP contribution in [-0.4, -0.2) is 59.2 Å². The average Bonchev–Trinajstić information content (AvgIpc) is 2.95. The predicted octanol–water partition coefficient (Wildman–Crippen LogP) is -0.316. The summed E-state index contributed by atoms with van der Waals surface area (Å²) < 4.78 is 5.09. The van der Waals surface area contributed by atoms with Crippen LogP contribution in [0.5, 0.6) is 0 Å². The molecule has 128 valence electrons. The molecule has 1 saturated heterocycles. The van der Waals surface area contributed by atoms with Gasteiger partial charge in [0.15, 0.2) is 5.12 Å². The van der Waals surface area contributed by atoms with Crippen molar-refractivity contribution in [2.45, 2.75) is 33.2 Å². The maximum absolute atomic E-state index is 11.7. The number of nitrogens with zero attached hydrogens (tertiary/aromatic N) is 5. The van der Waals surface area contributed by atoms with Gasteiger partial charge in [0.1, 0.15) is 0 Å². The molecule has 0 radical (unpaired) electrons. The van der Waals surface area contributed by atoms with E-state index in [9.17, 15) is 9.90 Å². The molecule has 2 rings (SSSR count). The summed E-state index contributed by atoms with van der Waals surface area (Å²) in [6.07, 6.45) is 1.82. The molecule has 0 bridgehead atoms. The standard InChI is InChI=1S/C14H23N5O3S/c1-11(2)17-5-7-18(8-6-17)19-10-14(22-16-19)15-13(21)4-9-23-12(3)20/h10-11H,4-9H2,1-3H3. The fraction of sp³-hybridized carbons (Fsp3) is 0.714. The van der Waals surface area contributed by atoms with E-state index in [1.54, 1.807) is 11.0 Å². The molecule has 1 aliphatic heterocycles. The van der Waals surface area contributed by atoms with Gasteiger partial charge in [0.2, 0.25) is 5.27 Å². The van der Waals surface area contributed by atoms with Crippen molar-refractivity contribution in [1.82, 2.24) is 10.2 Å². The average molecular weight is 341 g/mol. The molecule has 0 atom stereocenters. The van der Waals surface area contributed by atoms with Crippen molar-refractivity contribution in [1.29, 1.82) is 0 Å². The van der Waals surface area contributed by atoms with Crippen molar-refractivity contribution in [3.8, 4) is 0 Å². The number of hydrogen-bond acceptors (Lipinski definition) is 8. The zero-order chi connectivity index (χ0) is 16.8. The van der Waals surface area contributed by atoms with Crippen molar-refractivity contribution < 1.29 is 19.2 Å². The van der Waals surface area contributed by atoms with Gasteiger partial charge in [-0.15, -0.1) is 0 Å². The summed E-state index contributed by atoms with van der Waals surface area (Å²) in [5.74, 6) is 0.309. The van der Waals surface area contributed by atoms with E-state index in [1.165, 1.54) is 6.92 Å². The van der Waals surface area contributed by atoms with Gasteiger partial charge in [0, 0.05) is 31.8 Å². The first-order chi connectivity index (χ1) is 11.0. The van der Waals surface area contributed by atoms with Crippen molar-refractivity contribution in [3.63, 3.8) is 0 Å². The second-order valence-corrected chi connectivity index (χ2v) is 6.91. The minimum absolute atomic E-state index is 0.00385. The van der Waals surface area contributed by atoms with Crippen LogP contribution in [0.4, 0.5) is 5.88 Å². The lowest BCUT2D eigenvalue weighted by atomic mass is 10.2. The third-order valence-corrected chi connectivity index (χ3v) is 4.43. The molecule has 0 spiro atoms. The van der Waals surface area contributed by atoms with Gasteiger partial charge < -0.3 is 5.11 Å². The van der Waals surface area contributed by atoms with Crippen LogP contribution in [0.25, 0.3) is 0 Å². The van der Waals surface area contributed by atoms with E-state index in [2.05, 4.69) is 34.0 Å². The van der Waals surface area contributed by atoms with Gasteiger partial charge in [-0.1, -0.05) is 11.8 Å². The van der Waals surface area contributed by atoms with E-state index in [0.717, 1.165) is 37.9 Å². The van der Waals surface area contributed by atoms with E-state index >= 15 is 0 Å². The van der Waals surface area contributed by atoms with Crippen LogP contribution in [0.1, 0.15) is 27.2 Å². The van der Waals surface area contributed by atoms with Crippen molar-refractivity contribution in [3.05, 3.63) is 6.20 Å². The van der Waals surface area contributed by atoms with E-state index in [1.807, 2.05) is 0 Å². The number of hydrogen-bond donors (Lipinski definition) is 0.